The van der Waals surface area contributed by atoms with Gasteiger partial charge in [0.05, 0.1) is 23.7 Å². The first-order valence-electron chi connectivity index (χ1n) is 10.3. The van der Waals surface area contributed by atoms with E-state index >= 15 is 0 Å². The van der Waals surface area contributed by atoms with E-state index in [0.29, 0.717) is 28.0 Å². The first-order valence-corrected chi connectivity index (χ1v) is 13.1. The van der Waals surface area contributed by atoms with Crippen molar-refractivity contribution < 1.29 is 14.3 Å². The molecule has 0 radical (unpaired) electrons. The Morgan fingerprint density at radius 1 is 1.21 bits per heavy atom. The molecule has 7 nitrogen and oxygen atoms in total. The average Bonchev–Trinajstić information content (AvgIpc) is 3.31. The lowest BCUT2D eigenvalue weighted by molar-refractivity contribution is -0.113. The van der Waals surface area contributed by atoms with Gasteiger partial charge in [0.1, 0.15) is 10.8 Å². The van der Waals surface area contributed by atoms with E-state index in [0.717, 1.165) is 21.2 Å². The van der Waals surface area contributed by atoms with Crippen LogP contribution in [0.1, 0.15) is 33.5 Å². The Kier molecular flexibility index (Phi) is 9.16. The molecule has 0 aliphatic heterocycles. The van der Waals surface area contributed by atoms with Gasteiger partial charge in [0.25, 0.3) is 0 Å². The molecule has 1 N–H and O–H groups in total. The topological polar surface area (TPSA) is 86.1 Å². The molecule has 0 spiro atoms. The van der Waals surface area contributed by atoms with Gasteiger partial charge in [-0.25, -0.2) is 4.79 Å². The maximum Gasteiger partial charge on any atom is 0.341 e. The Morgan fingerprint density at radius 2 is 1.97 bits per heavy atom. The Hall–Kier alpha value is -2.56. The highest BCUT2D eigenvalue weighted by Gasteiger charge is 2.22. The molecule has 3 rings (SSSR count). The number of esters is 1. The molecule has 174 valence electrons. The van der Waals surface area contributed by atoms with Crippen LogP contribution in [0.2, 0.25) is 0 Å². The number of rotatable bonds is 11. The van der Waals surface area contributed by atoms with E-state index in [-0.39, 0.29) is 18.3 Å². The SMILES string of the molecule is C=CCn1c(CSc2ccccc2)nnc1SCC(=O)Nc1sc(C)c(C)c1C(=O)OCC. The Labute approximate surface area is 206 Å². The van der Waals surface area contributed by atoms with Gasteiger partial charge < -0.3 is 14.6 Å². The Morgan fingerprint density at radius 3 is 2.67 bits per heavy atom. The summed E-state index contributed by atoms with van der Waals surface area (Å²) in [6.45, 7) is 10.2. The van der Waals surface area contributed by atoms with Crippen LogP contribution in [0, 0.1) is 13.8 Å². The maximum absolute atomic E-state index is 12.7. The van der Waals surface area contributed by atoms with Gasteiger partial charge in [-0.15, -0.1) is 39.9 Å². The molecule has 0 fully saturated rings. The molecular formula is C23H26N4O3S3. The molecule has 33 heavy (non-hydrogen) atoms. The number of allylic oxidation sites excluding steroid dienone is 1. The van der Waals surface area contributed by atoms with Gasteiger partial charge in [0.2, 0.25) is 5.91 Å². The highest BCUT2D eigenvalue weighted by atomic mass is 32.2. The highest BCUT2D eigenvalue weighted by Crippen LogP contribution is 2.33. The minimum absolute atomic E-state index is 0.138. The molecule has 10 heteroatoms. The van der Waals surface area contributed by atoms with E-state index in [1.807, 2.05) is 36.6 Å². The van der Waals surface area contributed by atoms with Crippen molar-refractivity contribution in [3.8, 4) is 0 Å². The third-order valence-corrected chi connectivity index (χ3v) is 7.76. The number of hydrogen-bond acceptors (Lipinski definition) is 8. The van der Waals surface area contributed by atoms with Crippen LogP contribution in [0.15, 0.2) is 53.0 Å². The second-order valence-corrected chi connectivity index (χ2v) is 10.2. The minimum Gasteiger partial charge on any atom is -0.462 e. The van der Waals surface area contributed by atoms with Crippen molar-refractivity contribution in [2.75, 3.05) is 17.7 Å². The van der Waals surface area contributed by atoms with Crippen molar-refractivity contribution in [1.29, 1.82) is 0 Å². The second kappa shape index (κ2) is 12.1. The fraction of sp³-hybridized carbons (Fsp3) is 0.304. The van der Waals surface area contributed by atoms with E-state index in [2.05, 4.69) is 34.2 Å². The van der Waals surface area contributed by atoms with Crippen molar-refractivity contribution in [3.63, 3.8) is 0 Å². The first-order chi connectivity index (χ1) is 15.9. The van der Waals surface area contributed by atoms with Crippen molar-refractivity contribution in [2.45, 2.75) is 43.1 Å². The number of anilines is 1. The summed E-state index contributed by atoms with van der Waals surface area (Å²) in [5.41, 5.74) is 1.25. The fourth-order valence-electron chi connectivity index (χ4n) is 2.97. The maximum atomic E-state index is 12.7. The van der Waals surface area contributed by atoms with Crippen LogP contribution in [0.5, 0.6) is 0 Å². The van der Waals surface area contributed by atoms with Gasteiger partial charge in [-0.05, 0) is 38.5 Å². The summed E-state index contributed by atoms with van der Waals surface area (Å²) in [7, 11) is 0. The van der Waals surface area contributed by atoms with E-state index in [1.54, 1.807) is 24.8 Å². The van der Waals surface area contributed by atoms with Gasteiger partial charge in [-0.2, -0.15) is 0 Å². The number of aryl methyl sites for hydroxylation is 1. The van der Waals surface area contributed by atoms with Gasteiger partial charge in [0, 0.05) is 16.3 Å². The zero-order valence-electron chi connectivity index (χ0n) is 18.8. The number of aromatic nitrogens is 3. The molecule has 2 heterocycles. The van der Waals surface area contributed by atoms with Crippen LogP contribution in [0.25, 0.3) is 0 Å². The molecule has 0 saturated heterocycles. The number of nitrogens with one attached hydrogen (secondary N) is 1. The van der Waals surface area contributed by atoms with E-state index < -0.39 is 5.97 Å². The van der Waals surface area contributed by atoms with Gasteiger partial charge in [-0.1, -0.05) is 36.0 Å². The summed E-state index contributed by atoms with van der Waals surface area (Å²) in [5.74, 6) is 0.975. The number of carbonyl (C=O) groups is 2. The summed E-state index contributed by atoms with van der Waals surface area (Å²) < 4.78 is 7.11. The molecule has 3 aromatic rings. The van der Waals surface area contributed by atoms with Crippen LogP contribution in [-0.4, -0.2) is 39.0 Å². The summed E-state index contributed by atoms with van der Waals surface area (Å²) in [6, 6.07) is 10.1. The van der Waals surface area contributed by atoms with Gasteiger partial charge in [-0.3, -0.25) is 4.79 Å². The first kappa shape index (κ1) is 25.1. The largest absolute Gasteiger partial charge is 0.462 e. The molecule has 0 atom stereocenters. The lowest BCUT2D eigenvalue weighted by Gasteiger charge is -2.09. The fourth-order valence-corrected chi connectivity index (χ4v) is 5.66. The summed E-state index contributed by atoms with van der Waals surface area (Å²) >= 11 is 4.35. The van der Waals surface area contributed by atoms with Crippen LogP contribution in [0.3, 0.4) is 0 Å². The monoisotopic (exact) mass is 502 g/mol. The van der Waals surface area contributed by atoms with Crippen molar-refractivity contribution in [2.24, 2.45) is 0 Å². The quantitative estimate of drug-likeness (QED) is 0.215. The van der Waals surface area contributed by atoms with Crippen LogP contribution >= 0.6 is 34.9 Å². The number of ether oxygens (including phenoxy) is 1. The molecule has 0 bridgehead atoms. The second-order valence-electron chi connectivity index (χ2n) is 6.94. The van der Waals surface area contributed by atoms with Gasteiger partial charge in [0.15, 0.2) is 5.16 Å². The molecule has 1 amide bonds. The predicted molar refractivity (Wildman–Crippen MR) is 135 cm³/mol. The van der Waals surface area contributed by atoms with E-state index in [9.17, 15) is 9.59 Å². The summed E-state index contributed by atoms with van der Waals surface area (Å²) in [4.78, 5) is 27.1. The molecule has 1 aromatic carbocycles. The lowest BCUT2D eigenvalue weighted by atomic mass is 10.1. The van der Waals surface area contributed by atoms with Crippen molar-refractivity contribution in [1.82, 2.24) is 14.8 Å². The van der Waals surface area contributed by atoms with Crippen molar-refractivity contribution >= 4 is 51.7 Å². The Balaban J connectivity index is 1.65. The number of hydrogen-bond donors (Lipinski definition) is 1. The molecular weight excluding hydrogens is 476 g/mol. The zero-order chi connectivity index (χ0) is 23.8. The predicted octanol–water partition coefficient (Wildman–Crippen LogP) is 5.34. The molecule has 0 aliphatic carbocycles. The zero-order valence-corrected chi connectivity index (χ0v) is 21.2. The number of thiophene rings is 1. The smallest absolute Gasteiger partial charge is 0.341 e. The standard InChI is InChI=1S/C23H26N4O3S3/c1-5-12-27-18(13-31-17-10-8-7-9-11-17)25-26-23(27)32-14-19(28)24-21-20(22(29)30-6-2)15(3)16(4)33-21/h5,7-11H,1,6,12-14H2,2-4H3,(H,24,28). The molecule has 0 saturated carbocycles. The number of benzene rings is 1. The van der Waals surface area contributed by atoms with Crippen molar-refractivity contribution in [3.05, 3.63) is 64.8 Å². The van der Waals surface area contributed by atoms with Crippen LogP contribution < -0.4 is 5.32 Å². The number of nitrogens with zero attached hydrogens (tertiary/aromatic N) is 3. The molecule has 2 aromatic heterocycles. The van der Waals surface area contributed by atoms with E-state index in [4.69, 9.17) is 4.74 Å². The summed E-state index contributed by atoms with van der Waals surface area (Å²) in [6.07, 6.45) is 1.78. The number of thioether (sulfide) groups is 2. The van der Waals surface area contributed by atoms with E-state index in [1.165, 1.54) is 23.1 Å². The van der Waals surface area contributed by atoms with Crippen LogP contribution in [-0.2, 0) is 21.8 Å². The normalized spacial score (nSPS) is 10.8. The third-order valence-electron chi connectivity index (χ3n) is 4.67. The lowest BCUT2D eigenvalue weighted by Crippen LogP contribution is -2.17. The third kappa shape index (κ3) is 6.49. The highest BCUT2D eigenvalue weighted by molar-refractivity contribution is 7.99. The molecule has 0 aliphatic rings. The number of amides is 1. The number of carbonyl (C=O) groups excluding carboxylic acids is 2. The minimum atomic E-state index is -0.423. The summed E-state index contributed by atoms with van der Waals surface area (Å²) in [5, 5.41) is 12.6. The van der Waals surface area contributed by atoms with Gasteiger partial charge >= 0.3 is 5.97 Å². The van der Waals surface area contributed by atoms with Crippen LogP contribution in [0.4, 0.5) is 5.00 Å². The molecule has 0 unspecified atom stereocenters. The average molecular weight is 503 g/mol. The Bertz CT molecular complexity index is 1130.